The molecule has 9 heteroatoms. The van der Waals surface area contributed by atoms with E-state index in [-0.39, 0.29) is 18.2 Å². The van der Waals surface area contributed by atoms with Crippen LogP contribution >= 0.6 is 23.7 Å². The number of hydrogen-bond acceptors (Lipinski definition) is 7. The molecule has 2 aromatic heterocycles. The van der Waals surface area contributed by atoms with E-state index in [1.165, 1.54) is 18.4 Å². The summed E-state index contributed by atoms with van der Waals surface area (Å²) in [6.45, 7) is 4.82. The number of anilines is 1. The Labute approximate surface area is 190 Å². The average Bonchev–Trinajstić information content (AvgIpc) is 3.34. The van der Waals surface area contributed by atoms with Gasteiger partial charge in [-0.05, 0) is 37.1 Å². The fourth-order valence-electron chi connectivity index (χ4n) is 3.84. The smallest absolute Gasteiger partial charge is 0.341 e. The number of benzene rings is 1. The van der Waals surface area contributed by atoms with Crippen molar-refractivity contribution in [2.45, 2.75) is 26.3 Å². The molecule has 3 aromatic rings. The average molecular weight is 465 g/mol. The molecule has 0 radical (unpaired) electrons. The summed E-state index contributed by atoms with van der Waals surface area (Å²) in [7, 11) is 2.91. The first-order valence-electron chi connectivity index (χ1n) is 9.88. The maximum Gasteiger partial charge on any atom is 0.341 e. The zero-order valence-electron chi connectivity index (χ0n) is 17.6. The summed E-state index contributed by atoms with van der Waals surface area (Å²) >= 11 is 1.43. The van der Waals surface area contributed by atoms with Crippen LogP contribution in [-0.2, 0) is 17.7 Å². The van der Waals surface area contributed by atoms with Crippen molar-refractivity contribution >= 4 is 51.6 Å². The number of furan rings is 1. The van der Waals surface area contributed by atoms with Gasteiger partial charge < -0.3 is 19.2 Å². The number of halogens is 1. The minimum Gasteiger partial charge on any atom is -0.493 e. The summed E-state index contributed by atoms with van der Waals surface area (Å²) in [5.41, 5.74) is 1.94. The Kier molecular flexibility index (Phi) is 7.25. The fourth-order valence-corrected chi connectivity index (χ4v) is 5.12. The number of ether oxygens (including phenoxy) is 2. The maximum absolute atomic E-state index is 12.9. The molecule has 0 spiro atoms. The van der Waals surface area contributed by atoms with Crippen molar-refractivity contribution in [2.24, 2.45) is 0 Å². The largest absolute Gasteiger partial charge is 0.493 e. The van der Waals surface area contributed by atoms with E-state index >= 15 is 0 Å². The molecule has 0 atom stereocenters. The second-order valence-corrected chi connectivity index (χ2v) is 8.27. The van der Waals surface area contributed by atoms with Gasteiger partial charge in [-0.2, -0.15) is 0 Å². The van der Waals surface area contributed by atoms with Crippen molar-refractivity contribution in [1.29, 1.82) is 0 Å². The van der Waals surface area contributed by atoms with Crippen molar-refractivity contribution < 1.29 is 23.5 Å². The van der Waals surface area contributed by atoms with Gasteiger partial charge in [-0.3, -0.25) is 9.69 Å². The minimum atomic E-state index is -0.432. The molecule has 166 valence electrons. The number of esters is 1. The molecule has 1 amide bonds. The molecule has 0 unspecified atom stereocenters. The number of para-hydroxylation sites is 1. The van der Waals surface area contributed by atoms with Crippen LogP contribution in [0.1, 0.15) is 44.7 Å². The van der Waals surface area contributed by atoms with Crippen LogP contribution in [0.2, 0.25) is 0 Å². The number of amides is 1. The van der Waals surface area contributed by atoms with Gasteiger partial charge in [0.2, 0.25) is 0 Å². The lowest BCUT2D eigenvalue weighted by atomic mass is 10.0. The number of fused-ring (bicyclic) bond motifs is 2. The monoisotopic (exact) mass is 464 g/mol. The quantitative estimate of drug-likeness (QED) is 0.531. The number of thiophene rings is 1. The Morgan fingerprint density at radius 2 is 2.10 bits per heavy atom. The minimum absolute atomic E-state index is 0. The number of rotatable bonds is 6. The Morgan fingerprint density at radius 3 is 2.81 bits per heavy atom. The summed E-state index contributed by atoms with van der Waals surface area (Å²) in [5, 5.41) is 4.14. The number of nitrogens with one attached hydrogen (secondary N) is 1. The van der Waals surface area contributed by atoms with Crippen LogP contribution in [-0.4, -0.2) is 44.1 Å². The van der Waals surface area contributed by atoms with Gasteiger partial charge in [0, 0.05) is 23.4 Å². The van der Waals surface area contributed by atoms with Gasteiger partial charge in [0.15, 0.2) is 17.1 Å². The fraction of sp³-hybridized carbons (Fsp3) is 0.364. The summed E-state index contributed by atoms with van der Waals surface area (Å²) in [4.78, 5) is 28.9. The van der Waals surface area contributed by atoms with Crippen LogP contribution in [0, 0.1) is 0 Å². The molecule has 1 N–H and O–H groups in total. The molecule has 0 saturated heterocycles. The van der Waals surface area contributed by atoms with Gasteiger partial charge in [0.05, 0.1) is 19.8 Å². The van der Waals surface area contributed by atoms with Crippen LogP contribution in [0.25, 0.3) is 11.0 Å². The van der Waals surface area contributed by atoms with E-state index in [2.05, 4.69) is 17.1 Å². The van der Waals surface area contributed by atoms with E-state index in [9.17, 15) is 9.59 Å². The van der Waals surface area contributed by atoms with Gasteiger partial charge in [-0.1, -0.05) is 19.1 Å². The van der Waals surface area contributed by atoms with Gasteiger partial charge in [0.1, 0.15) is 5.00 Å². The lowest BCUT2D eigenvalue weighted by molar-refractivity contribution is 0.0600. The number of methoxy groups -OCH3 is 2. The summed E-state index contributed by atoms with van der Waals surface area (Å²) < 4.78 is 16.0. The molecule has 3 heterocycles. The first-order chi connectivity index (χ1) is 14.5. The molecule has 0 fully saturated rings. The molecule has 0 aliphatic carbocycles. The molecular weight excluding hydrogens is 440 g/mol. The molecule has 1 aromatic carbocycles. The third-order valence-electron chi connectivity index (χ3n) is 5.24. The summed E-state index contributed by atoms with van der Waals surface area (Å²) in [6, 6.07) is 7.13. The Balaban J connectivity index is 0.00000272. The van der Waals surface area contributed by atoms with E-state index < -0.39 is 11.9 Å². The Hall–Kier alpha value is -2.55. The number of nitrogens with zero attached hydrogens (tertiary/aromatic N) is 1. The van der Waals surface area contributed by atoms with Crippen molar-refractivity contribution in [1.82, 2.24) is 4.90 Å². The number of carbonyl (C=O) groups is 2. The van der Waals surface area contributed by atoms with E-state index in [1.807, 2.05) is 12.1 Å². The van der Waals surface area contributed by atoms with Crippen molar-refractivity contribution in [3.8, 4) is 5.75 Å². The highest BCUT2D eigenvalue weighted by Crippen LogP contribution is 2.38. The van der Waals surface area contributed by atoms with E-state index in [0.29, 0.717) is 21.9 Å². The molecule has 1 aliphatic rings. The lowest BCUT2D eigenvalue weighted by Gasteiger charge is -2.26. The highest BCUT2D eigenvalue weighted by atomic mass is 35.5. The highest BCUT2D eigenvalue weighted by Gasteiger charge is 2.29. The maximum atomic E-state index is 12.9. The Morgan fingerprint density at radius 1 is 1.29 bits per heavy atom. The first-order valence-corrected chi connectivity index (χ1v) is 10.7. The lowest BCUT2D eigenvalue weighted by Crippen LogP contribution is -2.30. The van der Waals surface area contributed by atoms with Crippen LogP contribution in [0.4, 0.5) is 5.00 Å². The molecular formula is C22H25ClN2O5S. The van der Waals surface area contributed by atoms with Crippen LogP contribution in [0.3, 0.4) is 0 Å². The third-order valence-corrected chi connectivity index (χ3v) is 6.38. The molecule has 31 heavy (non-hydrogen) atoms. The highest BCUT2D eigenvalue weighted by molar-refractivity contribution is 7.17. The third kappa shape index (κ3) is 4.42. The Bertz CT molecular complexity index is 1110. The molecule has 0 bridgehead atoms. The van der Waals surface area contributed by atoms with Crippen LogP contribution in [0.5, 0.6) is 5.75 Å². The van der Waals surface area contributed by atoms with Gasteiger partial charge in [0.25, 0.3) is 5.91 Å². The normalized spacial score (nSPS) is 13.4. The van der Waals surface area contributed by atoms with E-state index in [4.69, 9.17) is 13.9 Å². The predicted molar refractivity (Wildman–Crippen MR) is 123 cm³/mol. The van der Waals surface area contributed by atoms with Gasteiger partial charge >= 0.3 is 5.97 Å². The molecule has 7 nitrogen and oxygen atoms in total. The van der Waals surface area contributed by atoms with Crippen molar-refractivity contribution in [2.75, 3.05) is 32.6 Å². The number of carbonyl (C=O) groups excluding carboxylic acids is 2. The van der Waals surface area contributed by atoms with Crippen molar-refractivity contribution in [3.63, 3.8) is 0 Å². The molecule has 0 saturated carbocycles. The van der Waals surface area contributed by atoms with E-state index in [0.717, 1.165) is 48.3 Å². The van der Waals surface area contributed by atoms with Crippen LogP contribution < -0.4 is 10.1 Å². The standard InChI is InChI=1S/C22H24N2O5S.ClH/c1-4-9-24-10-8-14-17(12-24)30-21(18(14)22(26)28-3)23-20(25)16-11-13-6-5-7-15(27-2)19(13)29-16;/h5-7,11H,4,8-10,12H2,1-3H3,(H,23,25);1H. The van der Waals surface area contributed by atoms with Crippen molar-refractivity contribution in [3.05, 3.63) is 46.0 Å². The number of hydrogen-bond donors (Lipinski definition) is 1. The zero-order chi connectivity index (χ0) is 21.3. The van der Waals surface area contributed by atoms with Crippen LogP contribution in [0.15, 0.2) is 28.7 Å². The topological polar surface area (TPSA) is 81.0 Å². The molecule has 1 aliphatic heterocycles. The second-order valence-electron chi connectivity index (χ2n) is 7.17. The second kappa shape index (κ2) is 9.72. The SMILES string of the molecule is CCCN1CCc2c(sc(NC(=O)c3cc4cccc(OC)c4o3)c2C(=O)OC)C1.Cl. The van der Waals surface area contributed by atoms with Gasteiger partial charge in [-0.25, -0.2) is 4.79 Å². The molecule has 4 rings (SSSR count). The van der Waals surface area contributed by atoms with E-state index in [1.54, 1.807) is 19.2 Å². The predicted octanol–water partition coefficient (Wildman–Crippen LogP) is 4.73. The first kappa shape index (κ1) is 23.1. The van der Waals surface area contributed by atoms with Gasteiger partial charge in [-0.15, -0.1) is 23.7 Å². The summed E-state index contributed by atoms with van der Waals surface area (Å²) in [5.74, 6) is -0.130. The summed E-state index contributed by atoms with van der Waals surface area (Å²) in [6.07, 6.45) is 1.83. The zero-order valence-corrected chi connectivity index (χ0v) is 19.3.